The molecule has 2 N–H and O–H groups in total. The van der Waals surface area contributed by atoms with Gasteiger partial charge in [0, 0.05) is 37.9 Å². The molecule has 0 unspecified atom stereocenters. The zero-order valence-corrected chi connectivity index (χ0v) is 15.0. The van der Waals surface area contributed by atoms with E-state index in [9.17, 15) is 4.79 Å². The number of carbonyl (C=O) groups is 1. The molecule has 0 bridgehead atoms. The SMILES string of the molecule is O=C(NCCC1CCCCC1)NCc1cccnc1N1CCOCC1. The Labute approximate surface area is 150 Å². The Hall–Kier alpha value is -1.82. The van der Waals surface area contributed by atoms with E-state index >= 15 is 0 Å². The highest BCUT2D eigenvalue weighted by molar-refractivity contribution is 5.74. The predicted octanol–water partition coefficient (Wildman–Crippen LogP) is 2.69. The van der Waals surface area contributed by atoms with Crippen molar-refractivity contribution in [3.05, 3.63) is 23.9 Å². The Morgan fingerprint density at radius 2 is 2.00 bits per heavy atom. The van der Waals surface area contributed by atoms with Crippen LogP contribution < -0.4 is 15.5 Å². The fourth-order valence-electron chi connectivity index (χ4n) is 3.73. The van der Waals surface area contributed by atoms with Gasteiger partial charge >= 0.3 is 6.03 Å². The van der Waals surface area contributed by atoms with Gasteiger partial charge < -0.3 is 20.3 Å². The first-order chi connectivity index (χ1) is 12.3. The summed E-state index contributed by atoms with van der Waals surface area (Å²) in [7, 11) is 0. The average molecular weight is 346 g/mol. The number of hydrogen-bond acceptors (Lipinski definition) is 4. The Balaban J connectivity index is 1.42. The van der Waals surface area contributed by atoms with Gasteiger partial charge in [0.05, 0.1) is 13.2 Å². The molecular weight excluding hydrogens is 316 g/mol. The molecule has 1 aliphatic carbocycles. The lowest BCUT2D eigenvalue weighted by Gasteiger charge is -2.29. The minimum Gasteiger partial charge on any atom is -0.378 e. The van der Waals surface area contributed by atoms with Crippen molar-refractivity contribution in [2.45, 2.75) is 45.1 Å². The molecule has 2 fully saturated rings. The maximum absolute atomic E-state index is 12.1. The highest BCUT2D eigenvalue weighted by Gasteiger charge is 2.16. The number of pyridine rings is 1. The van der Waals surface area contributed by atoms with E-state index in [-0.39, 0.29) is 6.03 Å². The van der Waals surface area contributed by atoms with E-state index in [0.717, 1.165) is 56.6 Å². The number of anilines is 1. The van der Waals surface area contributed by atoms with Gasteiger partial charge in [-0.05, 0) is 18.4 Å². The summed E-state index contributed by atoms with van der Waals surface area (Å²) in [5.74, 6) is 1.74. The van der Waals surface area contributed by atoms with Gasteiger partial charge in [0.1, 0.15) is 5.82 Å². The average Bonchev–Trinajstić information content (AvgIpc) is 2.68. The van der Waals surface area contributed by atoms with Gasteiger partial charge in [-0.25, -0.2) is 9.78 Å². The quantitative estimate of drug-likeness (QED) is 0.831. The maximum Gasteiger partial charge on any atom is 0.315 e. The molecule has 138 valence electrons. The van der Waals surface area contributed by atoms with Crippen LogP contribution in [0, 0.1) is 5.92 Å². The molecule has 0 spiro atoms. The fourth-order valence-corrected chi connectivity index (χ4v) is 3.73. The number of aromatic nitrogens is 1. The van der Waals surface area contributed by atoms with Crippen molar-refractivity contribution in [1.29, 1.82) is 0 Å². The number of nitrogens with one attached hydrogen (secondary N) is 2. The molecule has 6 nitrogen and oxygen atoms in total. The van der Waals surface area contributed by atoms with Gasteiger partial charge in [0.2, 0.25) is 0 Å². The first-order valence-corrected chi connectivity index (χ1v) is 9.61. The van der Waals surface area contributed by atoms with E-state index in [1.807, 2.05) is 12.1 Å². The molecular formula is C19H30N4O2. The van der Waals surface area contributed by atoms with Crippen LogP contribution in [0.2, 0.25) is 0 Å². The smallest absolute Gasteiger partial charge is 0.315 e. The van der Waals surface area contributed by atoms with Gasteiger partial charge in [-0.2, -0.15) is 0 Å². The van der Waals surface area contributed by atoms with Crippen LogP contribution in [-0.2, 0) is 11.3 Å². The van der Waals surface area contributed by atoms with Gasteiger partial charge in [0.15, 0.2) is 0 Å². The van der Waals surface area contributed by atoms with E-state index < -0.39 is 0 Å². The number of amides is 2. The third-order valence-electron chi connectivity index (χ3n) is 5.18. The Morgan fingerprint density at radius 3 is 2.80 bits per heavy atom. The summed E-state index contributed by atoms with van der Waals surface area (Å²) in [5.41, 5.74) is 1.05. The minimum atomic E-state index is -0.0902. The zero-order chi connectivity index (χ0) is 17.3. The zero-order valence-electron chi connectivity index (χ0n) is 15.0. The van der Waals surface area contributed by atoms with Crippen molar-refractivity contribution < 1.29 is 9.53 Å². The lowest BCUT2D eigenvalue weighted by molar-refractivity contribution is 0.122. The molecule has 0 aromatic carbocycles. The molecule has 1 saturated heterocycles. The molecule has 0 radical (unpaired) electrons. The van der Waals surface area contributed by atoms with Gasteiger partial charge in [0.25, 0.3) is 0 Å². The predicted molar refractivity (Wildman–Crippen MR) is 98.7 cm³/mol. The molecule has 2 amide bonds. The first-order valence-electron chi connectivity index (χ1n) is 9.61. The number of hydrogen-bond donors (Lipinski definition) is 2. The van der Waals surface area contributed by atoms with E-state index in [4.69, 9.17) is 4.74 Å². The van der Waals surface area contributed by atoms with Crippen molar-refractivity contribution in [2.75, 3.05) is 37.7 Å². The van der Waals surface area contributed by atoms with Crippen molar-refractivity contribution in [3.8, 4) is 0 Å². The Morgan fingerprint density at radius 1 is 1.20 bits per heavy atom. The summed E-state index contributed by atoms with van der Waals surface area (Å²) in [4.78, 5) is 18.8. The molecule has 2 heterocycles. The lowest BCUT2D eigenvalue weighted by atomic mass is 9.87. The summed E-state index contributed by atoms with van der Waals surface area (Å²) in [5, 5.41) is 5.96. The molecule has 3 rings (SSSR count). The maximum atomic E-state index is 12.1. The summed E-state index contributed by atoms with van der Waals surface area (Å²) >= 11 is 0. The molecule has 6 heteroatoms. The summed E-state index contributed by atoms with van der Waals surface area (Å²) in [6.07, 6.45) is 9.62. The second-order valence-electron chi connectivity index (χ2n) is 6.99. The van der Waals surface area contributed by atoms with Crippen LogP contribution in [0.4, 0.5) is 10.6 Å². The number of carbonyl (C=O) groups excluding carboxylic acids is 1. The Kier molecular flexibility index (Phi) is 6.91. The summed E-state index contributed by atoms with van der Waals surface area (Å²) < 4.78 is 5.40. The van der Waals surface area contributed by atoms with E-state index in [1.54, 1.807) is 6.20 Å². The lowest BCUT2D eigenvalue weighted by Crippen LogP contribution is -2.39. The number of morpholine rings is 1. The van der Waals surface area contributed by atoms with Crippen LogP contribution in [0.25, 0.3) is 0 Å². The molecule has 2 aliphatic rings. The third-order valence-corrected chi connectivity index (χ3v) is 5.18. The molecule has 1 aromatic rings. The molecule has 1 aliphatic heterocycles. The van der Waals surface area contributed by atoms with Crippen molar-refractivity contribution in [3.63, 3.8) is 0 Å². The van der Waals surface area contributed by atoms with Gasteiger partial charge in [-0.1, -0.05) is 38.2 Å². The number of nitrogens with zero attached hydrogens (tertiary/aromatic N) is 2. The van der Waals surface area contributed by atoms with E-state index in [2.05, 4.69) is 20.5 Å². The van der Waals surface area contributed by atoms with E-state index in [1.165, 1.54) is 32.1 Å². The van der Waals surface area contributed by atoms with Crippen LogP contribution in [0.3, 0.4) is 0 Å². The Bertz CT molecular complexity index is 540. The third kappa shape index (κ3) is 5.59. The molecule has 25 heavy (non-hydrogen) atoms. The summed E-state index contributed by atoms with van der Waals surface area (Å²) in [6.45, 7) is 4.40. The van der Waals surface area contributed by atoms with Crippen LogP contribution >= 0.6 is 0 Å². The van der Waals surface area contributed by atoms with E-state index in [0.29, 0.717) is 6.54 Å². The number of ether oxygens (including phenoxy) is 1. The van der Waals surface area contributed by atoms with Gasteiger partial charge in [-0.15, -0.1) is 0 Å². The second-order valence-corrected chi connectivity index (χ2v) is 6.99. The highest BCUT2D eigenvalue weighted by Crippen LogP contribution is 2.25. The first kappa shape index (κ1) is 18.0. The molecule has 0 atom stereocenters. The molecule has 1 saturated carbocycles. The molecule has 1 aromatic heterocycles. The van der Waals surface area contributed by atoms with Crippen molar-refractivity contribution in [2.24, 2.45) is 5.92 Å². The highest BCUT2D eigenvalue weighted by atomic mass is 16.5. The van der Waals surface area contributed by atoms with Gasteiger partial charge in [-0.3, -0.25) is 0 Å². The number of rotatable bonds is 6. The van der Waals surface area contributed by atoms with Crippen LogP contribution in [0.1, 0.15) is 44.1 Å². The van der Waals surface area contributed by atoms with Crippen LogP contribution in [0.15, 0.2) is 18.3 Å². The normalized spacial score (nSPS) is 18.8. The fraction of sp³-hybridized carbons (Fsp3) is 0.684. The monoisotopic (exact) mass is 346 g/mol. The van der Waals surface area contributed by atoms with Crippen LogP contribution in [-0.4, -0.2) is 43.9 Å². The summed E-state index contributed by atoms with van der Waals surface area (Å²) in [6, 6.07) is 3.86. The standard InChI is InChI=1S/C19H30N4O2/c24-19(21-10-8-16-5-2-1-3-6-16)22-15-17-7-4-9-20-18(17)23-11-13-25-14-12-23/h4,7,9,16H,1-3,5-6,8,10-15H2,(H2,21,22,24). The van der Waals surface area contributed by atoms with Crippen LogP contribution in [0.5, 0.6) is 0 Å². The minimum absolute atomic E-state index is 0.0902. The number of urea groups is 1. The topological polar surface area (TPSA) is 66.5 Å². The van der Waals surface area contributed by atoms with Crippen molar-refractivity contribution in [1.82, 2.24) is 15.6 Å². The second kappa shape index (κ2) is 9.61. The van der Waals surface area contributed by atoms with Crippen molar-refractivity contribution >= 4 is 11.8 Å². The largest absolute Gasteiger partial charge is 0.378 e.